The molecule has 0 amide bonds. The Morgan fingerprint density at radius 1 is 1.55 bits per heavy atom. The predicted octanol–water partition coefficient (Wildman–Crippen LogP) is 0.932. The SMILES string of the molecule is O=C(O)[C@H](O)C1=CCCCC1. The molecule has 1 rings (SSSR count). The van der Waals surface area contributed by atoms with E-state index in [0.29, 0.717) is 5.57 Å². The van der Waals surface area contributed by atoms with Crippen LogP contribution in [0.25, 0.3) is 0 Å². The maximum absolute atomic E-state index is 10.3. The predicted molar refractivity (Wildman–Crippen MR) is 40.2 cm³/mol. The lowest BCUT2D eigenvalue weighted by Crippen LogP contribution is -2.22. The molecule has 0 bridgehead atoms. The minimum Gasteiger partial charge on any atom is -0.479 e. The van der Waals surface area contributed by atoms with Gasteiger partial charge in [-0.25, -0.2) is 4.79 Å². The fraction of sp³-hybridized carbons (Fsp3) is 0.625. The quantitative estimate of drug-likeness (QED) is 0.585. The molecule has 11 heavy (non-hydrogen) atoms. The minimum atomic E-state index is -1.27. The van der Waals surface area contributed by atoms with E-state index in [1.165, 1.54) is 0 Å². The second-order valence-corrected chi connectivity index (χ2v) is 2.77. The molecule has 0 spiro atoms. The van der Waals surface area contributed by atoms with Crippen molar-refractivity contribution in [2.24, 2.45) is 0 Å². The second-order valence-electron chi connectivity index (χ2n) is 2.77. The Balaban J connectivity index is 2.58. The Morgan fingerprint density at radius 3 is 2.73 bits per heavy atom. The van der Waals surface area contributed by atoms with Gasteiger partial charge in [-0.3, -0.25) is 0 Å². The molecule has 0 aromatic rings. The zero-order valence-electron chi connectivity index (χ0n) is 6.29. The number of aliphatic carboxylic acids is 1. The minimum absolute atomic E-state index is 0.670. The normalized spacial score (nSPS) is 20.6. The van der Waals surface area contributed by atoms with E-state index in [1.54, 1.807) is 0 Å². The molecule has 62 valence electrons. The molecule has 0 fully saturated rings. The standard InChI is InChI=1S/C8H12O3/c9-7(8(10)11)6-4-2-1-3-5-6/h4,7,9H,1-3,5H2,(H,10,11)/t7-/m1/s1. The van der Waals surface area contributed by atoms with Gasteiger partial charge in [-0.1, -0.05) is 6.08 Å². The molecule has 0 aromatic heterocycles. The Labute approximate surface area is 65.3 Å². The molecule has 2 N–H and O–H groups in total. The van der Waals surface area contributed by atoms with Crippen molar-refractivity contribution in [2.75, 3.05) is 0 Å². The first-order valence-electron chi connectivity index (χ1n) is 3.81. The van der Waals surface area contributed by atoms with Crippen LogP contribution in [-0.4, -0.2) is 22.3 Å². The van der Waals surface area contributed by atoms with Gasteiger partial charge in [0.25, 0.3) is 0 Å². The van der Waals surface area contributed by atoms with Crippen LogP contribution < -0.4 is 0 Å². The van der Waals surface area contributed by atoms with Crippen molar-refractivity contribution >= 4 is 5.97 Å². The summed E-state index contributed by atoms with van der Waals surface area (Å²) in [5, 5.41) is 17.5. The van der Waals surface area contributed by atoms with Gasteiger partial charge in [-0.2, -0.15) is 0 Å². The van der Waals surface area contributed by atoms with Gasteiger partial charge in [0.1, 0.15) is 0 Å². The summed E-state index contributed by atoms with van der Waals surface area (Å²) in [7, 11) is 0. The monoisotopic (exact) mass is 156 g/mol. The average molecular weight is 156 g/mol. The van der Waals surface area contributed by atoms with Crippen LogP contribution in [-0.2, 0) is 4.79 Å². The van der Waals surface area contributed by atoms with Crippen LogP contribution in [0.2, 0.25) is 0 Å². The highest BCUT2D eigenvalue weighted by atomic mass is 16.4. The number of hydrogen-bond acceptors (Lipinski definition) is 2. The molecule has 3 heteroatoms. The van der Waals surface area contributed by atoms with Crippen LogP contribution >= 0.6 is 0 Å². The van der Waals surface area contributed by atoms with E-state index in [1.807, 2.05) is 6.08 Å². The Kier molecular flexibility index (Phi) is 2.65. The van der Waals surface area contributed by atoms with E-state index in [2.05, 4.69) is 0 Å². The van der Waals surface area contributed by atoms with E-state index in [4.69, 9.17) is 10.2 Å². The van der Waals surface area contributed by atoms with Gasteiger partial charge in [0.05, 0.1) is 0 Å². The van der Waals surface area contributed by atoms with Gasteiger partial charge < -0.3 is 10.2 Å². The lowest BCUT2D eigenvalue weighted by Gasteiger charge is -2.14. The maximum Gasteiger partial charge on any atom is 0.336 e. The van der Waals surface area contributed by atoms with Crippen molar-refractivity contribution in [3.8, 4) is 0 Å². The first kappa shape index (κ1) is 8.27. The highest BCUT2D eigenvalue weighted by Crippen LogP contribution is 2.20. The number of carboxylic acid groups (broad SMARTS) is 1. The topological polar surface area (TPSA) is 57.5 Å². The summed E-state index contributed by atoms with van der Waals surface area (Å²) in [5.74, 6) is -1.14. The fourth-order valence-corrected chi connectivity index (χ4v) is 1.27. The van der Waals surface area contributed by atoms with E-state index >= 15 is 0 Å². The van der Waals surface area contributed by atoms with E-state index in [0.717, 1.165) is 25.7 Å². The van der Waals surface area contributed by atoms with Crippen molar-refractivity contribution in [1.82, 2.24) is 0 Å². The zero-order chi connectivity index (χ0) is 8.27. The molecule has 1 atom stereocenters. The molecule has 0 unspecified atom stereocenters. The van der Waals surface area contributed by atoms with E-state index in [9.17, 15) is 4.79 Å². The van der Waals surface area contributed by atoms with Crippen LogP contribution in [0, 0.1) is 0 Å². The van der Waals surface area contributed by atoms with Gasteiger partial charge >= 0.3 is 5.97 Å². The first-order valence-corrected chi connectivity index (χ1v) is 3.81. The van der Waals surface area contributed by atoms with Gasteiger partial charge in [-0.05, 0) is 31.3 Å². The molecule has 0 saturated carbocycles. The molecule has 1 aliphatic carbocycles. The van der Waals surface area contributed by atoms with E-state index < -0.39 is 12.1 Å². The maximum atomic E-state index is 10.3. The summed E-state index contributed by atoms with van der Waals surface area (Å²) in [5.41, 5.74) is 0.670. The molecule has 0 radical (unpaired) electrons. The van der Waals surface area contributed by atoms with Gasteiger partial charge in [0.15, 0.2) is 6.10 Å². The van der Waals surface area contributed by atoms with Gasteiger partial charge in [0, 0.05) is 0 Å². The highest BCUT2D eigenvalue weighted by molar-refractivity contribution is 5.75. The van der Waals surface area contributed by atoms with Crippen molar-refractivity contribution in [3.63, 3.8) is 0 Å². The molecule has 0 aromatic carbocycles. The van der Waals surface area contributed by atoms with Crippen LogP contribution in [0.3, 0.4) is 0 Å². The van der Waals surface area contributed by atoms with Crippen molar-refractivity contribution in [2.45, 2.75) is 31.8 Å². The number of hydrogen-bond donors (Lipinski definition) is 2. The number of carboxylic acids is 1. The van der Waals surface area contributed by atoms with Crippen molar-refractivity contribution in [1.29, 1.82) is 0 Å². The zero-order valence-corrected chi connectivity index (χ0v) is 6.29. The second kappa shape index (κ2) is 3.53. The summed E-state index contributed by atoms with van der Waals surface area (Å²) in [4.78, 5) is 10.3. The lowest BCUT2D eigenvalue weighted by molar-refractivity contribution is -0.144. The summed E-state index contributed by atoms with van der Waals surface area (Å²) in [6, 6.07) is 0. The number of allylic oxidation sites excluding steroid dienone is 1. The lowest BCUT2D eigenvalue weighted by atomic mass is 9.95. The first-order chi connectivity index (χ1) is 5.22. The molecule has 3 nitrogen and oxygen atoms in total. The molecule has 0 aliphatic heterocycles. The summed E-state index contributed by atoms with van der Waals surface area (Å²) >= 11 is 0. The number of carbonyl (C=O) groups is 1. The third kappa shape index (κ3) is 2.05. The fourth-order valence-electron chi connectivity index (χ4n) is 1.27. The molecule has 0 heterocycles. The van der Waals surface area contributed by atoms with Crippen LogP contribution in [0.4, 0.5) is 0 Å². The van der Waals surface area contributed by atoms with E-state index in [-0.39, 0.29) is 0 Å². The highest BCUT2D eigenvalue weighted by Gasteiger charge is 2.19. The largest absolute Gasteiger partial charge is 0.479 e. The smallest absolute Gasteiger partial charge is 0.336 e. The summed E-state index contributed by atoms with van der Waals surface area (Å²) in [6.45, 7) is 0. The van der Waals surface area contributed by atoms with Crippen molar-refractivity contribution in [3.05, 3.63) is 11.6 Å². The van der Waals surface area contributed by atoms with Gasteiger partial charge in [-0.15, -0.1) is 0 Å². The van der Waals surface area contributed by atoms with Crippen LogP contribution in [0.15, 0.2) is 11.6 Å². The third-order valence-corrected chi connectivity index (χ3v) is 1.91. The summed E-state index contributed by atoms with van der Waals surface area (Å²) in [6.07, 6.45) is 4.30. The average Bonchev–Trinajstić information content (AvgIpc) is 2.05. The Hall–Kier alpha value is -0.830. The van der Waals surface area contributed by atoms with Gasteiger partial charge in [0.2, 0.25) is 0 Å². The molecule has 0 saturated heterocycles. The number of rotatable bonds is 2. The number of aliphatic hydroxyl groups is 1. The third-order valence-electron chi connectivity index (χ3n) is 1.91. The Morgan fingerprint density at radius 2 is 2.27 bits per heavy atom. The van der Waals surface area contributed by atoms with Crippen LogP contribution in [0.5, 0.6) is 0 Å². The van der Waals surface area contributed by atoms with Crippen molar-refractivity contribution < 1.29 is 15.0 Å². The van der Waals surface area contributed by atoms with Crippen LogP contribution in [0.1, 0.15) is 25.7 Å². The Bertz CT molecular complexity index is 184. The number of aliphatic hydroxyl groups excluding tert-OH is 1. The summed E-state index contributed by atoms with van der Waals surface area (Å²) < 4.78 is 0. The molecular weight excluding hydrogens is 144 g/mol. The molecule has 1 aliphatic rings. The molecular formula is C8H12O3.